The molecule has 18 heavy (non-hydrogen) atoms. The maximum absolute atomic E-state index is 5.97. The Kier molecular flexibility index (Phi) is 4.73. The van der Waals surface area contributed by atoms with Gasteiger partial charge in [0.15, 0.2) is 0 Å². The SMILES string of the molecule is CSCC[C@@H](N)c1nc(-c2cncc(Br)c2)no1. The number of aromatic nitrogens is 3. The first-order chi connectivity index (χ1) is 8.70. The van der Waals surface area contributed by atoms with Crippen LogP contribution in [0.3, 0.4) is 0 Å². The molecule has 1 atom stereocenters. The Morgan fingerprint density at radius 1 is 1.50 bits per heavy atom. The second-order valence-corrected chi connectivity index (χ2v) is 5.64. The molecule has 0 fully saturated rings. The lowest BCUT2D eigenvalue weighted by Gasteiger charge is -2.03. The van der Waals surface area contributed by atoms with Crippen LogP contribution in [-0.2, 0) is 0 Å². The molecule has 0 aromatic carbocycles. The largest absolute Gasteiger partial charge is 0.337 e. The van der Waals surface area contributed by atoms with Gasteiger partial charge in [-0.2, -0.15) is 16.7 Å². The maximum atomic E-state index is 5.97. The van der Waals surface area contributed by atoms with E-state index >= 15 is 0 Å². The van der Waals surface area contributed by atoms with Crippen molar-refractivity contribution in [3.05, 3.63) is 28.8 Å². The van der Waals surface area contributed by atoms with Crippen LogP contribution in [0.1, 0.15) is 18.4 Å². The predicted octanol–water partition coefficient (Wildman–Crippen LogP) is 2.65. The summed E-state index contributed by atoms with van der Waals surface area (Å²) < 4.78 is 6.05. The first kappa shape index (κ1) is 13.5. The summed E-state index contributed by atoms with van der Waals surface area (Å²) in [5.74, 6) is 1.95. The van der Waals surface area contributed by atoms with E-state index in [-0.39, 0.29) is 6.04 Å². The average molecular weight is 329 g/mol. The highest BCUT2D eigenvalue weighted by Crippen LogP contribution is 2.21. The number of hydrogen-bond acceptors (Lipinski definition) is 6. The first-order valence-electron chi connectivity index (χ1n) is 5.39. The van der Waals surface area contributed by atoms with Crippen molar-refractivity contribution in [1.82, 2.24) is 15.1 Å². The molecule has 2 heterocycles. The van der Waals surface area contributed by atoms with Gasteiger partial charge < -0.3 is 10.3 Å². The van der Waals surface area contributed by atoms with Crippen LogP contribution < -0.4 is 5.73 Å². The van der Waals surface area contributed by atoms with E-state index in [4.69, 9.17) is 10.3 Å². The van der Waals surface area contributed by atoms with Crippen LogP contribution in [-0.4, -0.2) is 27.1 Å². The van der Waals surface area contributed by atoms with Crippen molar-refractivity contribution in [3.8, 4) is 11.4 Å². The zero-order chi connectivity index (χ0) is 13.0. The molecule has 7 heteroatoms. The molecular weight excluding hydrogens is 316 g/mol. The second kappa shape index (κ2) is 6.31. The third-order valence-corrected chi connectivity index (χ3v) is 3.43. The van der Waals surface area contributed by atoms with Crippen LogP contribution in [0, 0.1) is 0 Å². The molecule has 0 bridgehead atoms. The number of thioether (sulfide) groups is 1. The molecule has 0 unspecified atom stereocenters. The fourth-order valence-electron chi connectivity index (χ4n) is 1.41. The first-order valence-corrected chi connectivity index (χ1v) is 7.58. The zero-order valence-electron chi connectivity index (χ0n) is 9.84. The molecule has 0 aliphatic rings. The normalized spacial score (nSPS) is 12.6. The van der Waals surface area contributed by atoms with Gasteiger partial charge in [-0.3, -0.25) is 4.98 Å². The van der Waals surface area contributed by atoms with Crippen LogP contribution in [0.2, 0.25) is 0 Å². The Bertz CT molecular complexity index is 519. The Morgan fingerprint density at radius 3 is 3.06 bits per heavy atom. The van der Waals surface area contributed by atoms with Crippen LogP contribution >= 0.6 is 27.7 Å². The van der Waals surface area contributed by atoms with Gasteiger partial charge >= 0.3 is 0 Å². The topological polar surface area (TPSA) is 77.8 Å². The Balaban J connectivity index is 2.15. The summed E-state index contributed by atoms with van der Waals surface area (Å²) in [5, 5.41) is 3.92. The van der Waals surface area contributed by atoms with Gasteiger partial charge in [-0.15, -0.1) is 0 Å². The number of halogens is 1. The molecule has 2 aromatic rings. The third-order valence-electron chi connectivity index (χ3n) is 2.35. The summed E-state index contributed by atoms with van der Waals surface area (Å²) in [6.45, 7) is 0. The van der Waals surface area contributed by atoms with Crippen molar-refractivity contribution in [2.45, 2.75) is 12.5 Å². The van der Waals surface area contributed by atoms with Crippen molar-refractivity contribution < 1.29 is 4.52 Å². The van der Waals surface area contributed by atoms with E-state index in [0.29, 0.717) is 11.7 Å². The van der Waals surface area contributed by atoms with Crippen molar-refractivity contribution in [2.24, 2.45) is 5.73 Å². The minimum atomic E-state index is -0.209. The minimum Gasteiger partial charge on any atom is -0.337 e. The van der Waals surface area contributed by atoms with E-state index in [2.05, 4.69) is 31.1 Å². The van der Waals surface area contributed by atoms with Crippen molar-refractivity contribution >= 4 is 27.7 Å². The molecule has 0 aliphatic heterocycles. The number of nitrogens with two attached hydrogens (primary N) is 1. The molecule has 0 saturated carbocycles. The lowest BCUT2D eigenvalue weighted by Crippen LogP contribution is -2.11. The fourth-order valence-corrected chi connectivity index (χ4v) is 2.26. The number of hydrogen-bond donors (Lipinski definition) is 1. The summed E-state index contributed by atoms with van der Waals surface area (Å²) >= 11 is 5.10. The van der Waals surface area contributed by atoms with Crippen molar-refractivity contribution in [2.75, 3.05) is 12.0 Å². The van der Waals surface area contributed by atoms with Gasteiger partial charge in [-0.25, -0.2) is 0 Å². The lowest BCUT2D eigenvalue weighted by atomic mass is 10.2. The summed E-state index contributed by atoms with van der Waals surface area (Å²) in [5.41, 5.74) is 6.77. The van der Waals surface area contributed by atoms with Crippen molar-refractivity contribution in [1.29, 1.82) is 0 Å². The molecule has 0 aliphatic carbocycles. The van der Waals surface area contributed by atoms with E-state index in [1.54, 1.807) is 24.2 Å². The highest BCUT2D eigenvalue weighted by Gasteiger charge is 2.15. The molecule has 0 radical (unpaired) electrons. The summed E-state index contributed by atoms with van der Waals surface area (Å²) in [6.07, 6.45) is 6.25. The standard InChI is InChI=1S/C11H13BrN4OS/c1-18-3-2-9(13)11-15-10(16-17-11)7-4-8(12)6-14-5-7/h4-6,9H,2-3,13H2,1H3/t9-/m1/s1. The van der Waals surface area contributed by atoms with E-state index < -0.39 is 0 Å². The molecule has 0 amide bonds. The Hall–Kier alpha value is -0.920. The third kappa shape index (κ3) is 3.30. The highest BCUT2D eigenvalue weighted by molar-refractivity contribution is 9.10. The van der Waals surface area contributed by atoms with Gasteiger partial charge in [-0.05, 0) is 40.4 Å². The van der Waals surface area contributed by atoms with Crippen LogP contribution in [0.4, 0.5) is 0 Å². The fraction of sp³-hybridized carbons (Fsp3) is 0.364. The quantitative estimate of drug-likeness (QED) is 0.909. The lowest BCUT2D eigenvalue weighted by molar-refractivity contribution is 0.353. The Labute approximate surface area is 118 Å². The van der Waals surface area contributed by atoms with Gasteiger partial charge in [0.2, 0.25) is 11.7 Å². The smallest absolute Gasteiger partial charge is 0.243 e. The molecule has 2 rings (SSSR count). The van der Waals surface area contributed by atoms with Gasteiger partial charge in [0, 0.05) is 22.4 Å². The minimum absolute atomic E-state index is 0.209. The van der Waals surface area contributed by atoms with Gasteiger partial charge in [0.1, 0.15) is 0 Å². The molecular formula is C11H13BrN4OS. The monoisotopic (exact) mass is 328 g/mol. The molecule has 2 aromatic heterocycles. The second-order valence-electron chi connectivity index (χ2n) is 3.74. The van der Waals surface area contributed by atoms with E-state index in [1.165, 1.54) is 0 Å². The summed E-state index contributed by atoms with van der Waals surface area (Å²) in [6, 6.07) is 1.67. The maximum Gasteiger partial charge on any atom is 0.243 e. The number of pyridine rings is 1. The zero-order valence-corrected chi connectivity index (χ0v) is 12.2. The summed E-state index contributed by atoms with van der Waals surface area (Å²) in [4.78, 5) is 8.36. The van der Waals surface area contributed by atoms with Crippen molar-refractivity contribution in [3.63, 3.8) is 0 Å². The molecule has 0 saturated heterocycles. The Morgan fingerprint density at radius 2 is 2.33 bits per heavy atom. The molecule has 5 nitrogen and oxygen atoms in total. The predicted molar refractivity (Wildman–Crippen MR) is 75.2 cm³/mol. The highest BCUT2D eigenvalue weighted by atomic mass is 79.9. The van der Waals surface area contributed by atoms with Gasteiger partial charge in [0.25, 0.3) is 0 Å². The van der Waals surface area contributed by atoms with E-state index in [0.717, 1.165) is 22.2 Å². The van der Waals surface area contributed by atoms with E-state index in [1.807, 2.05) is 12.3 Å². The average Bonchev–Trinajstić information content (AvgIpc) is 2.85. The summed E-state index contributed by atoms with van der Waals surface area (Å²) in [7, 11) is 0. The van der Waals surface area contributed by atoms with Gasteiger partial charge in [-0.1, -0.05) is 5.16 Å². The van der Waals surface area contributed by atoms with Crippen LogP contribution in [0.15, 0.2) is 27.5 Å². The van der Waals surface area contributed by atoms with E-state index in [9.17, 15) is 0 Å². The van der Waals surface area contributed by atoms with Crippen LogP contribution in [0.5, 0.6) is 0 Å². The number of rotatable bonds is 5. The number of nitrogens with zero attached hydrogens (tertiary/aromatic N) is 3. The molecule has 96 valence electrons. The van der Waals surface area contributed by atoms with Gasteiger partial charge in [0.05, 0.1) is 6.04 Å². The molecule has 2 N–H and O–H groups in total. The van der Waals surface area contributed by atoms with Crippen LogP contribution in [0.25, 0.3) is 11.4 Å². The molecule has 0 spiro atoms.